The summed E-state index contributed by atoms with van der Waals surface area (Å²) >= 11 is 0. The zero-order valence-electron chi connectivity index (χ0n) is 16.7. The van der Waals surface area contributed by atoms with Crippen molar-refractivity contribution in [3.05, 3.63) is 65.2 Å². The van der Waals surface area contributed by atoms with E-state index in [-0.39, 0.29) is 23.3 Å². The number of carbonyl (C=O) groups is 2. The largest absolute Gasteiger partial charge is 0.273 e. The molecule has 8 heteroatoms. The third-order valence-electron chi connectivity index (χ3n) is 5.10. The highest BCUT2D eigenvalue weighted by Crippen LogP contribution is 2.37. The number of nitrogens with zero attached hydrogens (tertiary/aromatic N) is 1. The van der Waals surface area contributed by atoms with E-state index < -0.39 is 15.9 Å². The lowest BCUT2D eigenvalue weighted by Gasteiger charge is -2.17. The summed E-state index contributed by atoms with van der Waals surface area (Å²) in [5.74, 6) is -0.257. The molecule has 0 radical (unpaired) electrons. The second-order valence-electron chi connectivity index (χ2n) is 7.53. The SMILES string of the molecule is Cc1ccc(S(=O)(=O)N(C)Cc2ccc(C(=O)NNC(=O)[C@H]3C[C@@H]3C)cc2)cc1. The molecule has 1 saturated carbocycles. The lowest BCUT2D eigenvalue weighted by molar-refractivity contribution is -0.123. The number of sulfonamides is 1. The minimum atomic E-state index is -3.60. The Morgan fingerprint density at radius 1 is 1.03 bits per heavy atom. The highest BCUT2D eigenvalue weighted by atomic mass is 32.2. The van der Waals surface area contributed by atoms with Crippen molar-refractivity contribution < 1.29 is 18.0 Å². The van der Waals surface area contributed by atoms with Crippen LogP contribution in [-0.4, -0.2) is 31.6 Å². The number of amides is 2. The Balaban J connectivity index is 1.58. The summed E-state index contributed by atoms with van der Waals surface area (Å²) in [7, 11) is -2.08. The van der Waals surface area contributed by atoms with Crippen molar-refractivity contribution in [3.8, 4) is 0 Å². The topological polar surface area (TPSA) is 95.6 Å². The van der Waals surface area contributed by atoms with Gasteiger partial charge in [0.05, 0.1) is 4.90 Å². The molecule has 1 aliphatic carbocycles. The molecule has 2 atom stereocenters. The number of carbonyl (C=O) groups excluding carboxylic acids is 2. The fourth-order valence-corrected chi connectivity index (χ4v) is 4.12. The highest BCUT2D eigenvalue weighted by molar-refractivity contribution is 7.89. The summed E-state index contributed by atoms with van der Waals surface area (Å²) in [5, 5.41) is 0. The maximum atomic E-state index is 12.7. The van der Waals surface area contributed by atoms with Gasteiger partial charge in [0.2, 0.25) is 15.9 Å². The summed E-state index contributed by atoms with van der Waals surface area (Å²) in [6, 6.07) is 13.3. The normalized spacial score (nSPS) is 18.3. The Labute approximate surface area is 171 Å². The van der Waals surface area contributed by atoms with Crippen molar-refractivity contribution in [3.63, 3.8) is 0 Å². The Bertz CT molecular complexity index is 1000. The maximum absolute atomic E-state index is 12.7. The van der Waals surface area contributed by atoms with Gasteiger partial charge in [-0.25, -0.2) is 8.42 Å². The molecule has 0 aromatic heterocycles. The third kappa shape index (κ3) is 5.02. The van der Waals surface area contributed by atoms with Gasteiger partial charge < -0.3 is 0 Å². The van der Waals surface area contributed by atoms with Gasteiger partial charge in [0.25, 0.3) is 5.91 Å². The molecule has 0 spiro atoms. The van der Waals surface area contributed by atoms with Gasteiger partial charge in [-0.1, -0.05) is 36.8 Å². The lowest BCUT2D eigenvalue weighted by Crippen LogP contribution is -2.42. The van der Waals surface area contributed by atoms with Gasteiger partial charge in [-0.05, 0) is 49.1 Å². The molecule has 2 aromatic carbocycles. The van der Waals surface area contributed by atoms with Gasteiger partial charge >= 0.3 is 0 Å². The van der Waals surface area contributed by atoms with E-state index >= 15 is 0 Å². The van der Waals surface area contributed by atoms with Crippen LogP contribution in [0.1, 0.15) is 34.8 Å². The van der Waals surface area contributed by atoms with Gasteiger partial charge in [0.1, 0.15) is 0 Å². The summed E-state index contributed by atoms with van der Waals surface area (Å²) in [6.07, 6.45) is 0.843. The fraction of sp³-hybridized carbons (Fsp3) is 0.333. The minimum absolute atomic E-state index is 0.0244. The van der Waals surface area contributed by atoms with Crippen molar-refractivity contribution in [2.75, 3.05) is 7.05 Å². The number of hydrogen-bond acceptors (Lipinski definition) is 4. The molecule has 2 amide bonds. The number of aryl methyl sites for hydroxylation is 1. The lowest BCUT2D eigenvalue weighted by atomic mass is 10.1. The first kappa shape index (κ1) is 21.0. The Morgan fingerprint density at radius 3 is 2.17 bits per heavy atom. The fourth-order valence-electron chi connectivity index (χ4n) is 2.96. The second kappa shape index (κ2) is 8.34. The van der Waals surface area contributed by atoms with E-state index in [0.29, 0.717) is 11.5 Å². The average molecular weight is 416 g/mol. The van der Waals surface area contributed by atoms with E-state index in [0.717, 1.165) is 17.5 Å². The van der Waals surface area contributed by atoms with Crippen LogP contribution in [-0.2, 0) is 21.4 Å². The molecule has 2 aromatic rings. The molecule has 0 unspecified atom stereocenters. The van der Waals surface area contributed by atoms with Crippen LogP contribution in [0.4, 0.5) is 0 Å². The van der Waals surface area contributed by atoms with Crippen LogP contribution in [0.15, 0.2) is 53.4 Å². The monoisotopic (exact) mass is 415 g/mol. The van der Waals surface area contributed by atoms with Crippen LogP contribution in [0.2, 0.25) is 0 Å². The summed E-state index contributed by atoms with van der Waals surface area (Å²) in [4.78, 5) is 24.2. The molecular weight excluding hydrogens is 390 g/mol. The van der Waals surface area contributed by atoms with E-state index in [4.69, 9.17) is 0 Å². The third-order valence-corrected chi connectivity index (χ3v) is 6.91. The van der Waals surface area contributed by atoms with E-state index in [1.165, 1.54) is 11.4 Å². The number of benzene rings is 2. The molecule has 2 N–H and O–H groups in total. The Morgan fingerprint density at radius 2 is 1.62 bits per heavy atom. The van der Waals surface area contributed by atoms with Crippen LogP contribution in [0.5, 0.6) is 0 Å². The molecule has 0 aliphatic heterocycles. The summed E-state index contributed by atoms with van der Waals surface area (Å²) in [6.45, 7) is 4.06. The maximum Gasteiger partial charge on any atom is 0.269 e. The highest BCUT2D eigenvalue weighted by Gasteiger charge is 2.39. The number of rotatable bonds is 6. The zero-order chi connectivity index (χ0) is 21.2. The molecule has 3 rings (SSSR count). The van der Waals surface area contributed by atoms with Crippen LogP contribution < -0.4 is 10.9 Å². The smallest absolute Gasteiger partial charge is 0.269 e. The zero-order valence-corrected chi connectivity index (χ0v) is 17.5. The Hall–Kier alpha value is -2.71. The van der Waals surface area contributed by atoms with E-state index in [9.17, 15) is 18.0 Å². The van der Waals surface area contributed by atoms with Crippen molar-refractivity contribution in [1.29, 1.82) is 0 Å². The molecular formula is C21H25N3O4S. The quantitative estimate of drug-likeness (QED) is 0.708. The van der Waals surface area contributed by atoms with Gasteiger partial charge in [0.15, 0.2) is 0 Å². The van der Waals surface area contributed by atoms with E-state index in [1.807, 2.05) is 13.8 Å². The molecule has 1 aliphatic rings. The minimum Gasteiger partial charge on any atom is -0.273 e. The van der Waals surface area contributed by atoms with Crippen LogP contribution >= 0.6 is 0 Å². The van der Waals surface area contributed by atoms with Crippen LogP contribution in [0.25, 0.3) is 0 Å². The van der Waals surface area contributed by atoms with Crippen molar-refractivity contribution in [1.82, 2.24) is 15.2 Å². The molecule has 154 valence electrons. The van der Waals surface area contributed by atoms with Gasteiger partial charge in [0, 0.05) is 25.1 Å². The average Bonchev–Trinajstić information content (AvgIpc) is 3.43. The summed E-state index contributed by atoms with van der Waals surface area (Å²) < 4.78 is 26.6. The van der Waals surface area contributed by atoms with Gasteiger partial charge in [-0.3, -0.25) is 20.4 Å². The van der Waals surface area contributed by atoms with Crippen molar-refractivity contribution >= 4 is 21.8 Å². The van der Waals surface area contributed by atoms with Gasteiger partial charge in [-0.15, -0.1) is 0 Å². The first-order valence-corrected chi connectivity index (χ1v) is 10.8. The predicted octanol–water partition coefficient (Wildman–Crippen LogP) is 2.23. The molecule has 7 nitrogen and oxygen atoms in total. The number of hydrogen-bond donors (Lipinski definition) is 2. The first-order valence-electron chi connectivity index (χ1n) is 9.40. The second-order valence-corrected chi connectivity index (χ2v) is 9.58. The first-order chi connectivity index (χ1) is 13.7. The Kier molecular flexibility index (Phi) is 6.04. The van der Waals surface area contributed by atoms with Crippen LogP contribution in [0.3, 0.4) is 0 Å². The standard InChI is InChI=1S/C21H25N3O4S/c1-14-4-10-18(11-5-14)29(27,28)24(3)13-16-6-8-17(9-7-16)20(25)22-23-21(26)19-12-15(19)2/h4-11,15,19H,12-13H2,1-3H3,(H,22,25)(H,23,26)/t15-,19-/m0/s1. The molecule has 1 fully saturated rings. The van der Waals surface area contributed by atoms with Crippen molar-refractivity contribution in [2.24, 2.45) is 11.8 Å². The molecule has 0 heterocycles. The molecule has 0 saturated heterocycles. The number of hydrazine groups is 1. The molecule has 29 heavy (non-hydrogen) atoms. The van der Waals surface area contributed by atoms with E-state index in [1.54, 1.807) is 48.5 Å². The van der Waals surface area contributed by atoms with E-state index in [2.05, 4.69) is 10.9 Å². The van der Waals surface area contributed by atoms with Crippen LogP contribution in [0, 0.1) is 18.8 Å². The predicted molar refractivity (Wildman–Crippen MR) is 109 cm³/mol. The number of nitrogens with one attached hydrogen (secondary N) is 2. The van der Waals surface area contributed by atoms with Gasteiger partial charge in [-0.2, -0.15) is 4.31 Å². The summed E-state index contributed by atoms with van der Waals surface area (Å²) in [5.41, 5.74) is 6.95. The molecule has 0 bridgehead atoms. The van der Waals surface area contributed by atoms with Crippen molar-refractivity contribution in [2.45, 2.75) is 31.7 Å².